The van der Waals surface area contributed by atoms with E-state index in [1.54, 1.807) is 6.08 Å². The number of nitrogens with zero attached hydrogens (tertiary/aromatic N) is 1. The molecule has 0 rings (SSSR count). The van der Waals surface area contributed by atoms with Crippen molar-refractivity contribution >= 4 is 17.9 Å². The molecule has 0 aromatic heterocycles. The van der Waals surface area contributed by atoms with E-state index in [9.17, 15) is 14.4 Å². The van der Waals surface area contributed by atoms with Crippen molar-refractivity contribution in [1.29, 1.82) is 0 Å². The van der Waals surface area contributed by atoms with E-state index < -0.39 is 42.0 Å². The molecule has 0 aliphatic rings. The number of unbranched alkanes of at least 4 members (excludes halogenated alkanes) is 7. The van der Waals surface area contributed by atoms with Gasteiger partial charge in [0.05, 0.1) is 6.20 Å². The van der Waals surface area contributed by atoms with Crippen LogP contribution in [0.25, 0.3) is 0 Å². The lowest BCUT2D eigenvalue weighted by Crippen LogP contribution is -2.52. The van der Waals surface area contributed by atoms with Crippen molar-refractivity contribution in [2.75, 3.05) is 19.6 Å². The number of aliphatic carboxylic acids is 3. The Morgan fingerprint density at radius 1 is 0.750 bits per heavy atom. The summed E-state index contributed by atoms with van der Waals surface area (Å²) in [5.74, 6) is -3.67. The van der Waals surface area contributed by atoms with Crippen molar-refractivity contribution in [2.24, 2.45) is 0 Å². The third-order valence-electron chi connectivity index (χ3n) is 3.75. The van der Waals surface area contributed by atoms with Gasteiger partial charge < -0.3 is 15.3 Å². The van der Waals surface area contributed by atoms with Gasteiger partial charge in [0.15, 0.2) is 19.6 Å². The number of carboxylic acids is 3. The van der Waals surface area contributed by atoms with E-state index in [4.69, 9.17) is 15.3 Å². The Morgan fingerprint density at radius 3 is 1.58 bits per heavy atom. The highest BCUT2D eigenvalue weighted by molar-refractivity contribution is 5.73. The average Bonchev–Trinajstić information content (AvgIpc) is 2.43. The van der Waals surface area contributed by atoms with Gasteiger partial charge in [-0.2, -0.15) is 0 Å². The molecule has 0 aliphatic carbocycles. The third kappa shape index (κ3) is 11.6. The van der Waals surface area contributed by atoms with E-state index in [1.807, 2.05) is 0 Å². The summed E-state index contributed by atoms with van der Waals surface area (Å²) < 4.78 is -0.615. The molecule has 7 heteroatoms. The average molecular weight is 344 g/mol. The monoisotopic (exact) mass is 344 g/mol. The van der Waals surface area contributed by atoms with Crippen LogP contribution < -0.4 is 0 Å². The Hall–Kier alpha value is -1.89. The number of rotatable bonds is 15. The summed E-state index contributed by atoms with van der Waals surface area (Å²) in [5.41, 5.74) is 0. The van der Waals surface area contributed by atoms with E-state index >= 15 is 0 Å². The lowest BCUT2D eigenvalue weighted by Gasteiger charge is -2.29. The molecule has 0 spiro atoms. The Kier molecular flexibility index (Phi) is 11.5. The van der Waals surface area contributed by atoms with Crippen LogP contribution in [-0.2, 0) is 14.4 Å². The van der Waals surface area contributed by atoms with E-state index in [1.165, 1.54) is 31.9 Å². The molecule has 0 unspecified atom stereocenters. The topological polar surface area (TPSA) is 112 Å². The molecular formula is C17H30NO6+. The zero-order valence-corrected chi connectivity index (χ0v) is 14.4. The number of allylic oxidation sites excluding steroid dienone is 1. The first kappa shape index (κ1) is 22.1. The van der Waals surface area contributed by atoms with Crippen LogP contribution in [0.5, 0.6) is 0 Å². The number of quaternary nitrogens is 1. The molecule has 0 fully saturated rings. The predicted octanol–water partition coefficient (Wildman–Crippen LogP) is 2.71. The van der Waals surface area contributed by atoms with Gasteiger partial charge in [-0.3, -0.25) is 4.48 Å². The van der Waals surface area contributed by atoms with Crippen molar-refractivity contribution in [3.63, 3.8) is 0 Å². The summed E-state index contributed by atoms with van der Waals surface area (Å²) in [5, 5.41) is 26.9. The van der Waals surface area contributed by atoms with Crippen molar-refractivity contribution in [3.05, 3.63) is 12.3 Å². The van der Waals surface area contributed by atoms with Crippen molar-refractivity contribution < 1.29 is 34.2 Å². The summed E-state index contributed by atoms with van der Waals surface area (Å²) >= 11 is 0. The van der Waals surface area contributed by atoms with Crippen molar-refractivity contribution in [3.8, 4) is 0 Å². The molecule has 0 aliphatic heterocycles. The number of carbonyl (C=O) groups is 3. The van der Waals surface area contributed by atoms with E-state index in [0.29, 0.717) is 6.42 Å². The fraction of sp³-hybridized carbons (Fsp3) is 0.706. The first-order valence-electron chi connectivity index (χ1n) is 8.50. The predicted molar refractivity (Wildman–Crippen MR) is 89.5 cm³/mol. The summed E-state index contributed by atoms with van der Waals surface area (Å²) in [6.07, 6.45) is 11.9. The second-order valence-corrected chi connectivity index (χ2v) is 6.17. The fourth-order valence-electron chi connectivity index (χ4n) is 2.65. The maximum Gasteiger partial charge on any atom is 0.359 e. The van der Waals surface area contributed by atoms with Crippen molar-refractivity contribution in [2.45, 2.75) is 58.3 Å². The number of hydrogen-bond acceptors (Lipinski definition) is 3. The molecule has 0 amide bonds. The van der Waals surface area contributed by atoms with Gasteiger partial charge in [0.2, 0.25) is 0 Å². The highest BCUT2D eigenvalue weighted by Gasteiger charge is 2.34. The molecule has 7 nitrogen and oxygen atoms in total. The van der Waals surface area contributed by atoms with Gasteiger partial charge in [0.25, 0.3) is 0 Å². The van der Waals surface area contributed by atoms with E-state index in [-0.39, 0.29) is 0 Å². The lowest BCUT2D eigenvalue weighted by atomic mass is 10.1. The largest absolute Gasteiger partial charge is 0.477 e. The minimum Gasteiger partial charge on any atom is -0.477 e. The second-order valence-electron chi connectivity index (χ2n) is 6.17. The van der Waals surface area contributed by atoms with Gasteiger partial charge in [0.1, 0.15) is 0 Å². The first-order valence-corrected chi connectivity index (χ1v) is 8.50. The molecular weight excluding hydrogens is 314 g/mol. The molecule has 0 radical (unpaired) electrons. The molecule has 0 saturated heterocycles. The molecule has 0 atom stereocenters. The highest BCUT2D eigenvalue weighted by Crippen LogP contribution is 2.12. The van der Waals surface area contributed by atoms with Crippen LogP contribution in [0.1, 0.15) is 58.3 Å². The number of carboxylic acid groups (broad SMARTS) is 3. The minimum absolute atomic E-state index is 0.563. The zero-order valence-electron chi connectivity index (χ0n) is 14.4. The van der Waals surface area contributed by atoms with E-state index in [0.717, 1.165) is 19.3 Å². The SMILES string of the molecule is CCCCCCCCC/C=C/[N+](CC(=O)O)(CC(=O)O)CC(=O)O. The maximum atomic E-state index is 11.0. The molecule has 3 N–H and O–H groups in total. The first-order chi connectivity index (χ1) is 11.3. The Labute approximate surface area is 143 Å². The van der Waals surface area contributed by atoms with Crippen LogP contribution in [0.2, 0.25) is 0 Å². The molecule has 0 saturated carbocycles. The molecule has 0 heterocycles. The molecule has 0 aromatic rings. The highest BCUT2D eigenvalue weighted by atomic mass is 16.4. The Balaban J connectivity index is 4.53. The normalized spacial score (nSPS) is 11.7. The summed E-state index contributed by atoms with van der Waals surface area (Å²) in [6.45, 7) is 0.477. The van der Waals surface area contributed by atoms with E-state index in [2.05, 4.69) is 6.92 Å². The van der Waals surface area contributed by atoms with Gasteiger partial charge in [-0.1, -0.05) is 45.4 Å². The van der Waals surface area contributed by atoms with Crippen LogP contribution in [0.4, 0.5) is 0 Å². The van der Waals surface area contributed by atoms with Crippen LogP contribution in [0.3, 0.4) is 0 Å². The maximum absolute atomic E-state index is 11.0. The van der Waals surface area contributed by atoms with Gasteiger partial charge >= 0.3 is 17.9 Å². The van der Waals surface area contributed by atoms with Crippen LogP contribution >= 0.6 is 0 Å². The van der Waals surface area contributed by atoms with Crippen LogP contribution in [-0.4, -0.2) is 57.3 Å². The Bertz CT molecular complexity index is 392. The number of hydrogen-bond donors (Lipinski definition) is 3. The van der Waals surface area contributed by atoms with Gasteiger partial charge in [-0.15, -0.1) is 0 Å². The van der Waals surface area contributed by atoms with Gasteiger partial charge in [0, 0.05) is 0 Å². The molecule has 24 heavy (non-hydrogen) atoms. The quantitative estimate of drug-likeness (QED) is 0.311. The summed E-state index contributed by atoms with van der Waals surface area (Å²) in [7, 11) is 0. The van der Waals surface area contributed by atoms with Crippen LogP contribution in [0.15, 0.2) is 12.3 Å². The summed E-state index contributed by atoms with van der Waals surface area (Å²) in [6, 6.07) is 0. The zero-order chi connectivity index (χ0) is 18.4. The second kappa shape index (κ2) is 12.5. The Morgan fingerprint density at radius 2 is 1.17 bits per heavy atom. The smallest absolute Gasteiger partial charge is 0.359 e. The standard InChI is InChI=1S/C17H29NO6/c1-2-3-4-5-6-7-8-9-10-11-18(12-15(19)20,13-16(21)22)14-17(23)24/h10-11H,2-9,12-14H2,1H3,(H2-,19,20,21,22,23,24)/p+1/b11-10+. The molecule has 138 valence electrons. The molecule has 0 bridgehead atoms. The minimum atomic E-state index is -1.22. The summed E-state index contributed by atoms with van der Waals surface area (Å²) in [4.78, 5) is 33.0. The molecule has 0 aromatic carbocycles. The van der Waals surface area contributed by atoms with Crippen LogP contribution in [0, 0.1) is 0 Å². The third-order valence-corrected chi connectivity index (χ3v) is 3.75. The lowest BCUT2D eigenvalue weighted by molar-refractivity contribution is -0.857. The van der Waals surface area contributed by atoms with Crippen molar-refractivity contribution in [1.82, 2.24) is 0 Å². The van der Waals surface area contributed by atoms with Gasteiger partial charge in [-0.05, 0) is 18.9 Å². The fourth-order valence-corrected chi connectivity index (χ4v) is 2.65. The van der Waals surface area contributed by atoms with Gasteiger partial charge in [-0.25, -0.2) is 14.4 Å².